The Kier molecular flexibility index (Phi) is 4.04. The average molecular weight is 305 g/mol. The maximum Gasteiger partial charge on any atom is 0.471 e. The van der Waals surface area contributed by atoms with E-state index in [0.29, 0.717) is 6.42 Å². The van der Waals surface area contributed by atoms with Crippen LogP contribution in [0.3, 0.4) is 0 Å². The van der Waals surface area contributed by atoms with Crippen molar-refractivity contribution in [2.75, 3.05) is 7.11 Å². The minimum Gasteiger partial charge on any atom is -0.469 e. The summed E-state index contributed by atoms with van der Waals surface area (Å²) >= 11 is 0. The standard InChI is InChI=1S/C14H18F3NO3/c1-6(2)9-7-4-5-8(9)11(10(7)12(19)21-3)18-13(20)14(15,16)17/h7-8,10-11H,4-5H2,1-3H3,(H,18,20)/t7?,8?,10-,11+/m0/s1. The molecular formula is C14H18F3NO3. The molecule has 21 heavy (non-hydrogen) atoms. The summed E-state index contributed by atoms with van der Waals surface area (Å²) in [4.78, 5) is 23.2. The third-order valence-corrected chi connectivity index (χ3v) is 4.45. The second-order valence-electron chi connectivity index (χ2n) is 5.79. The van der Waals surface area contributed by atoms with Crippen LogP contribution in [0.2, 0.25) is 0 Å². The van der Waals surface area contributed by atoms with E-state index in [1.54, 1.807) is 0 Å². The molecule has 0 heterocycles. The molecule has 2 bridgehead atoms. The van der Waals surface area contributed by atoms with Gasteiger partial charge in [0.25, 0.3) is 0 Å². The molecule has 0 aromatic heterocycles. The summed E-state index contributed by atoms with van der Waals surface area (Å²) in [6, 6.07) is -0.838. The lowest BCUT2D eigenvalue weighted by molar-refractivity contribution is -0.175. The second kappa shape index (κ2) is 5.35. The van der Waals surface area contributed by atoms with Gasteiger partial charge in [0.1, 0.15) is 0 Å². The van der Waals surface area contributed by atoms with Gasteiger partial charge in [-0.05, 0) is 32.6 Å². The molecule has 0 radical (unpaired) electrons. The molecule has 0 aromatic carbocycles. The summed E-state index contributed by atoms with van der Waals surface area (Å²) < 4.78 is 42.1. The van der Waals surface area contributed by atoms with Crippen molar-refractivity contribution in [2.24, 2.45) is 17.8 Å². The molecule has 4 atom stereocenters. The molecule has 4 nitrogen and oxygen atoms in total. The fourth-order valence-corrected chi connectivity index (χ4v) is 3.80. The summed E-state index contributed by atoms with van der Waals surface area (Å²) in [5.74, 6) is -3.64. The second-order valence-corrected chi connectivity index (χ2v) is 5.79. The van der Waals surface area contributed by atoms with E-state index in [0.717, 1.165) is 17.6 Å². The molecule has 7 heteroatoms. The number of carbonyl (C=O) groups excluding carboxylic acids is 2. The van der Waals surface area contributed by atoms with Crippen LogP contribution in [0, 0.1) is 17.8 Å². The molecule has 0 spiro atoms. The highest BCUT2D eigenvalue weighted by Gasteiger charge is 2.56. The number of hydrogen-bond acceptors (Lipinski definition) is 3. The number of halogens is 3. The number of nitrogens with one attached hydrogen (secondary N) is 1. The number of alkyl halides is 3. The quantitative estimate of drug-likeness (QED) is 0.628. The minimum absolute atomic E-state index is 0.133. The van der Waals surface area contributed by atoms with Crippen LogP contribution in [0.1, 0.15) is 26.7 Å². The summed E-state index contributed by atoms with van der Waals surface area (Å²) in [6.07, 6.45) is -3.53. The third-order valence-electron chi connectivity index (χ3n) is 4.45. The molecule has 2 fully saturated rings. The van der Waals surface area contributed by atoms with E-state index in [9.17, 15) is 22.8 Å². The molecule has 0 aliphatic heterocycles. The Labute approximate surface area is 120 Å². The lowest BCUT2D eigenvalue weighted by atomic mass is 9.84. The number of hydrogen-bond donors (Lipinski definition) is 1. The summed E-state index contributed by atoms with van der Waals surface area (Å²) in [5, 5.41) is 2.00. The zero-order chi connectivity index (χ0) is 15.9. The molecule has 0 saturated heterocycles. The van der Waals surface area contributed by atoms with Crippen LogP contribution in [0.5, 0.6) is 0 Å². The van der Waals surface area contributed by atoms with E-state index >= 15 is 0 Å². The number of fused-ring (bicyclic) bond motifs is 2. The van der Waals surface area contributed by atoms with Crippen molar-refractivity contribution in [1.29, 1.82) is 0 Å². The Morgan fingerprint density at radius 1 is 1.19 bits per heavy atom. The van der Waals surface area contributed by atoms with E-state index < -0.39 is 30.0 Å². The van der Waals surface area contributed by atoms with Crippen LogP contribution >= 0.6 is 0 Å². The normalized spacial score (nSPS) is 31.2. The van der Waals surface area contributed by atoms with Gasteiger partial charge in [-0.3, -0.25) is 9.59 Å². The molecule has 2 aliphatic carbocycles. The van der Waals surface area contributed by atoms with E-state index in [1.165, 1.54) is 7.11 Å². The van der Waals surface area contributed by atoms with Gasteiger partial charge in [0.2, 0.25) is 0 Å². The zero-order valence-electron chi connectivity index (χ0n) is 12.1. The van der Waals surface area contributed by atoms with Crippen LogP contribution in [-0.4, -0.2) is 31.2 Å². The monoisotopic (exact) mass is 305 g/mol. The number of methoxy groups -OCH3 is 1. The average Bonchev–Trinajstić information content (AvgIpc) is 2.92. The first-order valence-corrected chi connectivity index (χ1v) is 6.81. The Bertz CT molecular complexity index is 494. The molecule has 118 valence electrons. The Morgan fingerprint density at radius 2 is 1.76 bits per heavy atom. The summed E-state index contributed by atoms with van der Waals surface area (Å²) in [5.41, 5.74) is 2.00. The molecule has 2 aliphatic rings. The van der Waals surface area contributed by atoms with Gasteiger partial charge in [-0.15, -0.1) is 0 Å². The number of rotatable bonds is 2. The highest BCUT2D eigenvalue weighted by atomic mass is 19.4. The highest BCUT2D eigenvalue weighted by Crippen LogP contribution is 2.54. The molecule has 2 rings (SSSR count). The smallest absolute Gasteiger partial charge is 0.469 e. The highest BCUT2D eigenvalue weighted by molar-refractivity contribution is 5.84. The SMILES string of the molecule is COC(=O)[C@H]1C2CCC(C2=C(C)C)[C@H]1NC(=O)C(F)(F)F. The van der Waals surface area contributed by atoms with Crippen LogP contribution in [-0.2, 0) is 14.3 Å². The van der Waals surface area contributed by atoms with Gasteiger partial charge in [-0.25, -0.2) is 0 Å². The van der Waals surface area contributed by atoms with Crippen molar-refractivity contribution in [3.05, 3.63) is 11.1 Å². The largest absolute Gasteiger partial charge is 0.471 e. The molecule has 2 saturated carbocycles. The van der Waals surface area contributed by atoms with Gasteiger partial charge < -0.3 is 10.1 Å². The summed E-state index contributed by atoms with van der Waals surface area (Å²) in [6.45, 7) is 3.76. The van der Waals surface area contributed by atoms with Crippen LogP contribution in [0.15, 0.2) is 11.1 Å². The van der Waals surface area contributed by atoms with Crippen LogP contribution < -0.4 is 5.32 Å². The molecule has 1 N–H and O–H groups in total. The van der Waals surface area contributed by atoms with Crippen molar-refractivity contribution in [3.8, 4) is 0 Å². The van der Waals surface area contributed by atoms with E-state index in [1.807, 2.05) is 19.2 Å². The predicted molar refractivity (Wildman–Crippen MR) is 68.1 cm³/mol. The lowest BCUT2D eigenvalue weighted by Crippen LogP contribution is -2.51. The first-order valence-electron chi connectivity index (χ1n) is 6.81. The Balaban J connectivity index is 2.32. The fourth-order valence-electron chi connectivity index (χ4n) is 3.80. The Hall–Kier alpha value is -1.53. The van der Waals surface area contributed by atoms with Gasteiger partial charge in [0.15, 0.2) is 0 Å². The number of allylic oxidation sites excluding steroid dienone is 1. The van der Waals surface area contributed by atoms with Gasteiger partial charge >= 0.3 is 18.1 Å². The minimum atomic E-state index is -4.95. The number of ether oxygens (including phenoxy) is 1. The third kappa shape index (κ3) is 2.65. The molecule has 1 amide bonds. The van der Waals surface area contributed by atoms with Crippen molar-refractivity contribution >= 4 is 11.9 Å². The summed E-state index contributed by atoms with van der Waals surface area (Å²) in [7, 11) is 1.21. The van der Waals surface area contributed by atoms with Crippen molar-refractivity contribution in [2.45, 2.75) is 38.9 Å². The first kappa shape index (κ1) is 15.9. The number of amides is 1. The van der Waals surface area contributed by atoms with Gasteiger partial charge in [0, 0.05) is 12.0 Å². The van der Waals surface area contributed by atoms with Crippen LogP contribution in [0.25, 0.3) is 0 Å². The van der Waals surface area contributed by atoms with Gasteiger partial charge in [-0.2, -0.15) is 13.2 Å². The molecule has 0 aromatic rings. The van der Waals surface area contributed by atoms with Crippen molar-refractivity contribution in [3.63, 3.8) is 0 Å². The van der Waals surface area contributed by atoms with Crippen LogP contribution in [0.4, 0.5) is 13.2 Å². The number of carbonyl (C=O) groups is 2. The first-order chi connectivity index (χ1) is 9.68. The lowest BCUT2D eigenvalue weighted by Gasteiger charge is -2.29. The Morgan fingerprint density at radius 3 is 2.24 bits per heavy atom. The maximum atomic E-state index is 12.5. The van der Waals surface area contributed by atoms with E-state index in [4.69, 9.17) is 4.74 Å². The van der Waals surface area contributed by atoms with Crippen molar-refractivity contribution in [1.82, 2.24) is 5.32 Å². The van der Waals surface area contributed by atoms with Crippen molar-refractivity contribution < 1.29 is 27.5 Å². The maximum absolute atomic E-state index is 12.5. The zero-order valence-corrected chi connectivity index (χ0v) is 12.1. The molecular weight excluding hydrogens is 287 g/mol. The van der Waals surface area contributed by atoms with E-state index in [2.05, 4.69) is 0 Å². The predicted octanol–water partition coefficient (Wildman–Crippen LogP) is 2.20. The van der Waals surface area contributed by atoms with Gasteiger partial charge in [0.05, 0.1) is 13.0 Å². The topological polar surface area (TPSA) is 55.4 Å². The number of esters is 1. The fraction of sp³-hybridized carbons (Fsp3) is 0.714. The van der Waals surface area contributed by atoms with Gasteiger partial charge in [-0.1, -0.05) is 11.1 Å². The molecule has 2 unspecified atom stereocenters. The van der Waals surface area contributed by atoms with E-state index in [-0.39, 0.29) is 11.8 Å².